The van der Waals surface area contributed by atoms with Crippen molar-refractivity contribution >= 4 is 10.2 Å². The molecular formula is C8H20Si. The summed E-state index contributed by atoms with van der Waals surface area (Å²) in [4.78, 5) is 0. The van der Waals surface area contributed by atoms with Gasteiger partial charge < -0.3 is 0 Å². The molecule has 0 aromatic rings. The molecule has 0 aliphatic heterocycles. The third-order valence-electron chi connectivity index (χ3n) is 2.86. The fraction of sp³-hybridized carbons (Fsp3) is 1.00. The van der Waals surface area contributed by atoms with Gasteiger partial charge in [-0.1, -0.05) is 40.5 Å². The maximum atomic E-state index is 2.41. The van der Waals surface area contributed by atoms with Crippen LogP contribution >= 0.6 is 0 Å². The molecule has 1 heteroatoms. The first kappa shape index (κ1) is 9.22. The van der Waals surface area contributed by atoms with E-state index in [1.54, 1.807) is 0 Å². The second kappa shape index (κ2) is 3.40. The molecule has 2 unspecified atom stereocenters. The molecule has 0 aliphatic carbocycles. The third kappa shape index (κ3) is 2.52. The van der Waals surface area contributed by atoms with Gasteiger partial charge in [-0.15, -0.1) is 0 Å². The summed E-state index contributed by atoms with van der Waals surface area (Å²) in [7, 11) is 1.34. The van der Waals surface area contributed by atoms with Crippen molar-refractivity contribution in [2.24, 2.45) is 5.92 Å². The van der Waals surface area contributed by atoms with Crippen molar-refractivity contribution in [2.45, 2.75) is 45.6 Å². The molecule has 0 rings (SSSR count). The Kier molecular flexibility index (Phi) is 3.48. The van der Waals surface area contributed by atoms with Crippen molar-refractivity contribution in [1.29, 1.82) is 0 Å². The second-order valence-corrected chi connectivity index (χ2v) is 5.94. The second-order valence-electron chi connectivity index (χ2n) is 3.65. The Labute approximate surface area is 62.5 Å². The van der Waals surface area contributed by atoms with E-state index in [2.05, 4.69) is 27.7 Å². The van der Waals surface area contributed by atoms with Crippen molar-refractivity contribution in [2.75, 3.05) is 0 Å². The minimum Gasteiger partial charge on any atom is -0.0652 e. The molecule has 0 spiro atoms. The van der Waals surface area contributed by atoms with Gasteiger partial charge in [-0.3, -0.25) is 0 Å². The molecule has 0 radical (unpaired) electrons. The molecule has 0 bridgehead atoms. The zero-order chi connectivity index (χ0) is 7.49. The minimum atomic E-state index is 0.689. The Morgan fingerprint density at radius 1 is 1.44 bits per heavy atom. The number of rotatable bonds is 3. The van der Waals surface area contributed by atoms with E-state index in [0.29, 0.717) is 5.04 Å². The van der Waals surface area contributed by atoms with Crippen LogP contribution in [0.25, 0.3) is 0 Å². The fourth-order valence-corrected chi connectivity index (χ4v) is 1.31. The van der Waals surface area contributed by atoms with E-state index in [0.717, 1.165) is 5.92 Å². The van der Waals surface area contributed by atoms with Gasteiger partial charge >= 0.3 is 0 Å². The van der Waals surface area contributed by atoms with E-state index in [1.165, 1.54) is 23.1 Å². The van der Waals surface area contributed by atoms with E-state index in [4.69, 9.17) is 0 Å². The van der Waals surface area contributed by atoms with Crippen LogP contribution in [0.5, 0.6) is 0 Å². The molecule has 0 aliphatic rings. The molecule has 0 fully saturated rings. The molecule has 0 N–H and O–H groups in total. The molecular weight excluding hydrogens is 124 g/mol. The Morgan fingerprint density at radius 3 is 2.00 bits per heavy atom. The van der Waals surface area contributed by atoms with E-state index in [1.807, 2.05) is 0 Å². The van der Waals surface area contributed by atoms with Crippen molar-refractivity contribution in [3.05, 3.63) is 0 Å². The Balaban J connectivity index is 3.80. The van der Waals surface area contributed by atoms with Crippen LogP contribution in [-0.2, 0) is 0 Å². The van der Waals surface area contributed by atoms with Crippen LogP contribution in [0.1, 0.15) is 40.5 Å². The summed E-state index contributed by atoms with van der Waals surface area (Å²) in [6.45, 7) is 9.37. The highest BCUT2D eigenvalue weighted by Gasteiger charge is 2.21. The van der Waals surface area contributed by atoms with Crippen LogP contribution in [0.3, 0.4) is 0 Å². The van der Waals surface area contributed by atoms with Crippen LogP contribution in [0.4, 0.5) is 0 Å². The molecule has 56 valence electrons. The highest BCUT2D eigenvalue weighted by atomic mass is 28.1. The van der Waals surface area contributed by atoms with E-state index in [-0.39, 0.29) is 0 Å². The smallest absolute Gasteiger partial charge is 0.0106 e. The summed E-state index contributed by atoms with van der Waals surface area (Å²) < 4.78 is 0. The number of hydrogen-bond acceptors (Lipinski definition) is 0. The average Bonchev–Trinajstić information content (AvgIpc) is 1.86. The van der Waals surface area contributed by atoms with Crippen LogP contribution in [0.15, 0.2) is 0 Å². The van der Waals surface area contributed by atoms with Crippen molar-refractivity contribution in [3.8, 4) is 0 Å². The molecule has 0 heterocycles. The van der Waals surface area contributed by atoms with Crippen LogP contribution in [0.2, 0.25) is 5.04 Å². The van der Waals surface area contributed by atoms with Crippen LogP contribution in [-0.4, -0.2) is 10.2 Å². The summed E-state index contributed by atoms with van der Waals surface area (Å²) in [6.07, 6.45) is 2.70. The van der Waals surface area contributed by atoms with Gasteiger partial charge in [0.25, 0.3) is 0 Å². The van der Waals surface area contributed by atoms with Crippen molar-refractivity contribution in [1.82, 2.24) is 0 Å². The molecule has 0 aromatic carbocycles. The molecule has 0 aromatic heterocycles. The van der Waals surface area contributed by atoms with E-state index < -0.39 is 0 Å². The van der Waals surface area contributed by atoms with Crippen molar-refractivity contribution < 1.29 is 0 Å². The quantitative estimate of drug-likeness (QED) is 0.531. The Morgan fingerprint density at radius 2 is 1.89 bits per heavy atom. The first-order valence-corrected chi connectivity index (χ1v) is 5.04. The van der Waals surface area contributed by atoms with Gasteiger partial charge in [-0.25, -0.2) is 0 Å². The van der Waals surface area contributed by atoms with Gasteiger partial charge in [0.05, 0.1) is 0 Å². The summed E-state index contributed by atoms with van der Waals surface area (Å²) in [6, 6.07) is 0. The van der Waals surface area contributed by atoms with Crippen LogP contribution in [0, 0.1) is 5.92 Å². The fourth-order valence-electron chi connectivity index (χ4n) is 0.901. The van der Waals surface area contributed by atoms with Crippen molar-refractivity contribution in [3.63, 3.8) is 0 Å². The molecule has 0 saturated heterocycles. The molecule has 0 saturated carbocycles. The standard InChI is InChI=1S/C8H20Si/c1-5-7(3)8(4,9)6-2/h7H,5-6H2,1-4,9H3. The molecule has 0 amide bonds. The topological polar surface area (TPSA) is 0 Å². The molecule has 9 heavy (non-hydrogen) atoms. The van der Waals surface area contributed by atoms with Gasteiger partial charge in [0.2, 0.25) is 0 Å². The maximum Gasteiger partial charge on any atom is 0.0106 e. The highest BCUT2D eigenvalue weighted by Crippen LogP contribution is 2.36. The van der Waals surface area contributed by atoms with E-state index >= 15 is 0 Å². The minimum absolute atomic E-state index is 0.689. The predicted octanol–water partition coefficient (Wildman–Crippen LogP) is 1.99. The summed E-state index contributed by atoms with van der Waals surface area (Å²) in [5.41, 5.74) is 0. The summed E-state index contributed by atoms with van der Waals surface area (Å²) in [5.74, 6) is 0.925. The lowest BCUT2D eigenvalue weighted by Gasteiger charge is -2.29. The largest absolute Gasteiger partial charge is 0.0652 e. The lowest BCUT2D eigenvalue weighted by Crippen LogP contribution is -2.16. The Bertz CT molecular complexity index is 76.6. The third-order valence-corrected chi connectivity index (χ3v) is 4.55. The molecule has 2 atom stereocenters. The lowest BCUT2D eigenvalue weighted by molar-refractivity contribution is 0.389. The van der Waals surface area contributed by atoms with Gasteiger partial charge in [0.15, 0.2) is 0 Å². The monoisotopic (exact) mass is 144 g/mol. The average molecular weight is 144 g/mol. The van der Waals surface area contributed by atoms with Gasteiger partial charge in [-0.05, 0) is 11.0 Å². The molecule has 0 nitrogen and oxygen atoms in total. The maximum absolute atomic E-state index is 2.41. The summed E-state index contributed by atoms with van der Waals surface area (Å²) >= 11 is 0. The number of hydrogen-bond donors (Lipinski definition) is 0. The normalized spacial score (nSPS) is 21.3. The van der Waals surface area contributed by atoms with Gasteiger partial charge in [0, 0.05) is 10.2 Å². The first-order chi connectivity index (χ1) is 4.04. The first-order valence-electron chi connectivity index (χ1n) is 4.04. The predicted molar refractivity (Wildman–Crippen MR) is 48.1 cm³/mol. The highest BCUT2D eigenvalue weighted by molar-refractivity contribution is 6.15. The van der Waals surface area contributed by atoms with E-state index in [9.17, 15) is 0 Å². The van der Waals surface area contributed by atoms with Gasteiger partial charge in [0.1, 0.15) is 0 Å². The zero-order valence-electron chi connectivity index (χ0n) is 7.49. The van der Waals surface area contributed by atoms with Gasteiger partial charge in [-0.2, -0.15) is 0 Å². The summed E-state index contributed by atoms with van der Waals surface area (Å²) in [5, 5.41) is 0.689. The van der Waals surface area contributed by atoms with Crippen LogP contribution < -0.4 is 0 Å². The lowest BCUT2D eigenvalue weighted by atomic mass is 9.90. The zero-order valence-corrected chi connectivity index (χ0v) is 9.49. The SMILES string of the molecule is CCC(C)C(C)([SiH3])CC. The Hall–Kier alpha value is 0.217.